The Morgan fingerprint density at radius 1 is 1.33 bits per heavy atom. The van der Waals surface area contributed by atoms with E-state index in [1.54, 1.807) is 0 Å². The average Bonchev–Trinajstić information content (AvgIpc) is 2.90. The first-order valence-electron chi connectivity index (χ1n) is 6.84. The minimum Gasteiger partial charge on any atom is -0.493 e. The highest BCUT2D eigenvalue weighted by Gasteiger charge is 2.19. The van der Waals surface area contributed by atoms with Gasteiger partial charge < -0.3 is 14.6 Å². The molecule has 0 radical (unpaired) electrons. The van der Waals surface area contributed by atoms with Gasteiger partial charge in [-0.1, -0.05) is 6.07 Å². The molecule has 3 rings (SSSR count). The van der Waals surface area contributed by atoms with E-state index in [1.807, 2.05) is 12.1 Å². The van der Waals surface area contributed by atoms with Gasteiger partial charge in [-0.2, -0.15) is 0 Å². The van der Waals surface area contributed by atoms with Crippen molar-refractivity contribution < 1.29 is 14.6 Å². The van der Waals surface area contributed by atoms with Crippen molar-refractivity contribution in [2.45, 2.75) is 31.8 Å². The van der Waals surface area contributed by atoms with Crippen LogP contribution in [0.25, 0.3) is 0 Å². The zero-order chi connectivity index (χ0) is 12.4. The van der Waals surface area contributed by atoms with Crippen molar-refractivity contribution in [1.82, 2.24) is 0 Å². The summed E-state index contributed by atoms with van der Waals surface area (Å²) in [5.41, 5.74) is 2.33. The SMILES string of the molecule is O[C@@H]1CCCc2ccc(OCC3CCOC3)cc21. The fourth-order valence-corrected chi connectivity index (χ4v) is 2.77. The molecule has 98 valence electrons. The van der Waals surface area contributed by atoms with Gasteiger partial charge in [0.05, 0.1) is 19.3 Å². The Hall–Kier alpha value is -1.06. The number of rotatable bonds is 3. The quantitative estimate of drug-likeness (QED) is 0.893. The lowest BCUT2D eigenvalue weighted by atomic mass is 9.89. The largest absolute Gasteiger partial charge is 0.493 e. The predicted octanol–water partition coefficient (Wildman–Crippen LogP) is 2.47. The van der Waals surface area contributed by atoms with Crippen LogP contribution in [0.15, 0.2) is 18.2 Å². The van der Waals surface area contributed by atoms with Crippen molar-refractivity contribution in [3.63, 3.8) is 0 Å². The molecule has 1 N–H and O–H groups in total. The minimum absolute atomic E-state index is 0.313. The molecule has 1 aliphatic carbocycles. The number of aliphatic hydroxyl groups excluding tert-OH is 1. The highest BCUT2D eigenvalue weighted by molar-refractivity contribution is 5.38. The number of fused-ring (bicyclic) bond motifs is 1. The van der Waals surface area contributed by atoms with E-state index in [1.165, 1.54) is 5.56 Å². The van der Waals surface area contributed by atoms with Crippen LogP contribution in [0.1, 0.15) is 36.5 Å². The summed E-state index contributed by atoms with van der Waals surface area (Å²) in [7, 11) is 0. The summed E-state index contributed by atoms with van der Waals surface area (Å²) in [6, 6.07) is 6.12. The van der Waals surface area contributed by atoms with Crippen LogP contribution in [0.4, 0.5) is 0 Å². The van der Waals surface area contributed by atoms with E-state index in [0.29, 0.717) is 5.92 Å². The number of benzene rings is 1. The van der Waals surface area contributed by atoms with Gasteiger partial charge in [0.2, 0.25) is 0 Å². The molecular formula is C15H20O3. The zero-order valence-electron chi connectivity index (χ0n) is 10.6. The fraction of sp³-hybridized carbons (Fsp3) is 0.600. The number of hydrogen-bond donors (Lipinski definition) is 1. The molecule has 1 fully saturated rings. The van der Waals surface area contributed by atoms with Crippen LogP contribution in [-0.4, -0.2) is 24.9 Å². The first kappa shape index (κ1) is 12.0. The second-order valence-electron chi connectivity index (χ2n) is 5.31. The van der Waals surface area contributed by atoms with Crippen molar-refractivity contribution in [3.05, 3.63) is 29.3 Å². The summed E-state index contributed by atoms with van der Waals surface area (Å²) >= 11 is 0. The van der Waals surface area contributed by atoms with Crippen molar-refractivity contribution in [1.29, 1.82) is 0 Å². The fourth-order valence-electron chi connectivity index (χ4n) is 2.77. The summed E-state index contributed by atoms with van der Waals surface area (Å²) < 4.78 is 11.1. The Morgan fingerprint density at radius 2 is 2.28 bits per heavy atom. The summed E-state index contributed by atoms with van der Waals surface area (Å²) in [5.74, 6) is 1.40. The third kappa shape index (κ3) is 2.52. The number of ether oxygens (including phenoxy) is 2. The van der Waals surface area contributed by atoms with Crippen LogP contribution in [-0.2, 0) is 11.2 Å². The Balaban J connectivity index is 1.67. The molecular weight excluding hydrogens is 228 g/mol. The standard InChI is InChI=1S/C15H20O3/c16-15-3-1-2-12-4-5-13(8-14(12)15)18-10-11-6-7-17-9-11/h4-5,8,11,15-16H,1-3,6-7,9-10H2/t11?,15-/m1/s1. The topological polar surface area (TPSA) is 38.7 Å². The van der Waals surface area contributed by atoms with Gasteiger partial charge in [0.1, 0.15) is 5.75 Å². The first-order valence-corrected chi connectivity index (χ1v) is 6.84. The number of hydrogen-bond acceptors (Lipinski definition) is 3. The van der Waals surface area contributed by atoms with Crippen LogP contribution in [0, 0.1) is 5.92 Å². The highest BCUT2D eigenvalue weighted by atomic mass is 16.5. The number of aliphatic hydroxyl groups is 1. The molecule has 1 saturated heterocycles. The predicted molar refractivity (Wildman–Crippen MR) is 68.8 cm³/mol. The molecule has 1 aromatic carbocycles. The van der Waals surface area contributed by atoms with Crippen molar-refractivity contribution in [2.75, 3.05) is 19.8 Å². The Labute approximate surface area is 108 Å². The maximum absolute atomic E-state index is 9.99. The summed E-state index contributed by atoms with van der Waals surface area (Å²) in [6.07, 6.45) is 3.80. The Bertz CT molecular complexity index is 410. The van der Waals surface area contributed by atoms with Gasteiger partial charge in [-0.25, -0.2) is 0 Å². The van der Waals surface area contributed by atoms with Gasteiger partial charge >= 0.3 is 0 Å². The first-order chi connectivity index (χ1) is 8.83. The van der Waals surface area contributed by atoms with Crippen molar-refractivity contribution in [2.24, 2.45) is 5.92 Å². The van der Waals surface area contributed by atoms with E-state index in [4.69, 9.17) is 9.47 Å². The zero-order valence-corrected chi connectivity index (χ0v) is 10.6. The molecule has 0 aromatic heterocycles. The van der Waals surface area contributed by atoms with E-state index in [0.717, 1.165) is 56.8 Å². The summed E-state index contributed by atoms with van der Waals surface area (Å²) in [5, 5.41) is 9.99. The lowest BCUT2D eigenvalue weighted by Gasteiger charge is -2.22. The van der Waals surface area contributed by atoms with Gasteiger partial charge in [0, 0.05) is 12.5 Å². The van der Waals surface area contributed by atoms with Crippen molar-refractivity contribution in [3.8, 4) is 5.75 Å². The molecule has 1 heterocycles. The molecule has 2 aliphatic rings. The van der Waals surface area contributed by atoms with Gasteiger partial charge in [0.25, 0.3) is 0 Å². The Kier molecular flexibility index (Phi) is 3.52. The smallest absolute Gasteiger partial charge is 0.119 e. The summed E-state index contributed by atoms with van der Waals surface area (Å²) in [6.45, 7) is 2.39. The Morgan fingerprint density at radius 3 is 3.11 bits per heavy atom. The van der Waals surface area contributed by atoms with Crippen LogP contribution in [0.5, 0.6) is 5.75 Å². The summed E-state index contributed by atoms with van der Waals surface area (Å²) in [4.78, 5) is 0. The van der Waals surface area contributed by atoms with Crippen LogP contribution in [0.3, 0.4) is 0 Å². The lowest BCUT2D eigenvalue weighted by molar-refractivity contribution is 0.154. The third-order valence-corrected chi connectivity index (χ3v) is 3.91. The molecule has 3 heteroatoms. The second-order valence-corrected chi connectivity index (χ2v) is 5.31. The lowest BCUT2D eigenvalue weighted by Crippen LogP contribution is -2.13. The van der Waals surface area contributed by atoms with Gasteiger partial charge in [-0.3, -0.25) is 0 Å². The average molecular weight is 248 g/mol. The minimum atomic E-state index is -0.313. The van der Waals surface area contributed by atoms with Crippen molar-refractivity contribution >= 4 is 0 Å². The molecule has 0 bridgehead atoms. The van der Waals surface area contributed by atoms with E-state index >= 15 is 0 Å². The van der Waals surface area contributed by atoms with Gasteiger partial charge in [-0.05, 0) is 48.9 Å². The number of aryl methyl sites for hydroxylation is 1. The molecule has 1 aromatic rings. The second kappa shape index (κ2) is 5.29. The molecule has 1 aliphatic heterocycles. The van der Waals surface area contributed by atoms with Crippen LogP contribution in [0.2, 0.25) is 0 Å². The molecule has 2 atom stereocenters. The van der Waals surface area contributed by atoms with E-state index in [-0.39, 0.29) is 6.10 Å². The van der Waals surface area contributed by atoms with Gasteiger partial charge in [0.15, 0.2) is 0 Å². The van der Waals surface area contributed by atoms with Crippen LogP contribution < -0.4 is 4.74 Å². The highest BCUT2D eigenvalue weighted by Crippen LogP contribution is 2.32. The normalized spacial score (nSPS) is 26.9. The molecule has 1 unspecified atom stereocenters. The van der Waals surface area contributed by atoms with E-state index in [2.05, 4.69) is 6.07 Å². The molecule has 0 spiro atoms. The maximum Gasteiger partial charge on any atom is 0.119 e. The van der Waals surface area contributed by atoms with Gasteiger partial charge in [-0.15, -0.1) is 0 Å². The molecule has 0 saturated carbocycles. The maximum atomic E-state index is 9.99. The van der Waals surface area contributed by atoms with E-state index in [9.17, 15) is 5.11 Å². The molecule has 3 nitrogen and oxygen atoms in total. The van der Waals surface area contributed by atoms with E-state index < -0.39 is 0 Å². The molecule has 18 heavy (non-hydrogen) atoms. The van der Waals surface area contributed by atoms with Crippen LogP contribution >= 0.6 is 0 Å². The monoisotopic (exact) mass is 248 g/mol. The third-order valence-electron chi connectivity index (χ3n) is 3.91. The molecule has 0 amide bonds.